The number of fused-ring (bicyclic) bond motifs is 1. The van der Waals surface area contributed by atoms with Crippen LogP contribution in [0.3, 0.4) is 0 Å². The fourth-order valence-corrected chi connectivity index (χ4v) is 4.51. The van der Waals surface area contributed by atoms with Crippen LogP contribution in [0.25, 0.3) is 33.4 Å². The first-order valence-electron chi connectivity index (χ1n) is 10.3. The van der Waals surface area contributed by atoms with Crippen LogP contribution in [-0.4, -0.2) is 29.8 Å². The lowest BCUT2D eigenvalue weighted by Crippen LogP contribution is -2.19. The van der Waals surface area contributed by atoms with Crippen LogP contribution in [0.2, 0.25) is 0 Å². The summed E-state index contributed by atoms with van der Waals surface area (Å²) in [4.78, 5) is 6.18. The van der Waals surface area contributed by atoms with E-state index in [1.54, 1.807) is 17.9 Å². The Morgan fingerprint density at radius 2 is 1.87 bits per heavy atom. The molecule has 1 aliphatic rings. The van der Waals surface area contributed by atoms with E-state index in [9.17, 15) is 5.26 Å². The molecule has 1 aliphatic carbocycles. The summed E-state index contributed by atoms with van der Waals surface area (Å²) in [5, 5.41) is 22.8. The van der Waals surface area contributed by atoms with E-state index in [2.05, 4.69) is 44.2 Å². The van der Waals surface area contributed by atoms with E-state index in [0.717, 1.165) is 40.0 Å². The third kappa shape index (κ3) is 3.35. The predicted octanol–water partition coefficient (Wildman–Crippen LogP) is 4.35. The summed E-state index contributed by atoms with van der Waals surface area (Å²) in [6.07, 6.45) is 9.11. The van der Waals surface area contributed by atoms with E-state index < -0.39 is 0 Å². The summed E-state index contributed by atoms with van der Waals surface area (Å²) in [6.45, 7) is 3.28. The fourth-order valence-electron chi connectivity index (χ4n) is 4.51. The van der Waals surface area contributed by atoms with Crippen LogP contribution in [0.15, 0.2) is 42.7 Å². The van der Waals surface area contributed by atoms with Crippen molar-refractivity contribution in [2.24, 2.45) is 12.5 Å². The molecule has 0 N–H and O–H groups in total. The zero-order chi connectivity index (χ0) is 20.7. The molecular weight excluding hydrogens is 374 g/mol. The summed E-state index contributed by atoms with van der Waals surface area (Å²) in [5.41, 5.74) is 5.97. The molecule has 1 aromatic carbocycles. The van der Waals surface area contributed by atoms with Gasteiger partial charge in [-0.05, 0) is 42.5 Å². The van der Waals surface area contributed by atoms with Gasteiger partial charge in [0.1, 0.15) is 22.8 Å². The third-order valence-electron chi connectivity index (χ3n) is 6.06. The average Bonchev–Trinajstić information content (AvgIpc) is 3.46. The van der Waals surface area contributed by atoms with E-state index in [0.29, 0.717) is 11.1 Å². The van der Waals surface area contributed by atoms with Gasteiger partial charge in [0.15, 0.2) is 0 Å². The van der Waals surface area contributed by atoms with Crippen LogP contribution < -0.4 is 0 Å². The van der Waals surface area contributed by atoms with Crippen molar-refractivity contribution >= 4 is 11.0 Å². The minimum Gasteiger partial charge on any atom is -0.272 e. The van der Waals surface area contributed by atoms with E-state index in [1.165, 1.54) is 25.7 Å². The zero-order valence-electron chi connectivity index (χ0n) is 17.2. The molecule has 0 aliphatic heterocycles. The molecule has 0 saturated heterocycles. The molecule has 0 bridgehead atoms. The van der Waals surface area contributed by atoms with E-state index in [1.807, 2.05) is 30.5 Å². The number of aromatic nitrogens is 6. The molecule has 0 atom stereocenters. The molecule has 7 heteroatoms. The molecule has 5 rings (SSSR count). The van der Waals surface area contributed by atoms with Crippen molar-refractivity contribution in [1.29, 1.82) is 5.26 Å². The maximum Gasteiger partial charge on any atom is 0.141 e. The number of nitrogens with zero attached hydrogens (tertiary/aromatic N) is 7. The second-order valence-electron chi connectivity index (χ2n) is 8.54. The Morgan fingerprint density at radius 3 is 2.67 bits per heavy atom. The van der Waals surface area contributed by atoms with Gasteiger partial charge in [-0.2, -0.15) is 25.4 Å². The number of rotatable bonds is 4. The predicted molar refractivity (Wildman–Crippen MR) is 114 cm³/mol. The van der Waals surface area contributed by atoms with Gasteiger partial charge in [-0.15, -0.1) is 0 Å². The molecule has 4 aromatic rings. The van der Waals surface area contributed by atoms with Crippen molar-refractivity contribution in [3.05, 3.63) is 48.4 Å². The van der Waals surface area contributed by atoms with E-state index in [4.69, 9.17) is 0 Å². The lowest BCUT2D eigenvalue weighted by molar-refractivity contribution is 0.268. The van der Waals surface area contributed by atoms with Crippen molar-refractivity contribution in [2.45, 2.75) is 39.2 Å². The highest BCUT2D eigenvalue weighted by Gasteiger charge is 2.29. The number of nitriles is 1. The number of aryl methyl sites for hydroxylation is 1. The Hall–Kier alpha value is -3.53. The highest BCUT2D eigenvalue weighted by molar-refractivity contribution is 5.86. The Labute approximate surface area is 175 Å². The molecule has 150 valence electrons. The Bertz CT molecular complexity index is 1270. The first kappa shape index (κ1) is 18.5. The van der Waals surface area contributed by atoms with E-state index in [-0.39, 0.29) is 0 Å². The zero-order valence-corrected chi connectivity index (χ0v) is 17.2. The lowest BCUT2D eigenvalue weighted by atomic mass is 9.89. The smallest absolute Gasteiger partial charge is 0.141 e. The van der Waals surface area contributed by atoms with Crippen molar-refractivity contribution in [3.8, 4) is 28.5 Å². The minimum atomic E-state index is 0.325. The first-order valence-corrected chi connectivity index (χ1v) is 10.3. The first-order chi connectivity index (χ1) is 14.5. The molecule has 30 heavy (non-hydrogen) atoms. The number of hydrogen-bond donors (Lipinski definition) is 0. The third-order valence-corrected chi connectivity index (χ3v) is 6.06. The highest BCUT2D eigenvalue weighted by Crippen LogP contribution is 2.39. The van der Waals surface area contributed by atoms with Crippen molar-refractivity contribution < 1.29 is 0 Å². The van der Waals surface area contributed by atoms with Gasteiger partial charge in [0.25, 0.3) is 0 Å². The molecule has 3 aromatic heterocycles. The van der Waals surface area contributed by atoms with Crippen LogP contribution in [-0.2, 0) is 13.6 Å². The maximum absolute atomic E-state index is 9.38. The van der Waals surface area contributed by atoms with Gasteiger partial charge in [-0.25, -0.2) is 4.98 Å². The lowest BCUT2D eigenvalue weighted by Gasteiger charge is -2.22. The topological polar surface area (TPSA) is 85.2 Å². The van der Waals surface area contributed by atoms with Gasteiger partial charge in [0.05, 0.1) is 11.9 Å². The molecule has 0 radical (unpaired) electrons. The van der Waals surface area contributed by atoms with Gasteiger partial charge in [-0.3, -0.25) is 4.68 Å². The van der Waals surface area contributed by atoms with Crippen LogP contribution in [0.1, 0.15) is 38.3 Å². The van der Waals surface area contributed by atoms with Crippen molar-refractivity contribution in [1.82, 2.24) is 29.8 Å². The molecular formula is C23H23N7. The monoisotopic (exact) mass is 397 g/mol. The quantitative estimate of drug-likeness (QED) is 0.511. The molecule has 7 nitrogen and oxygen atoms in total. The summed E-state index contributed by atoms with van der Waals surface area (Å²) in [5.74, 6) is 0. The molecule has 3 heterocycles. The van der Waals surface area contributed by atoms with Gasteiger partial charge in [0.2, 0.25) is 0 Å². The summed E-state index contributed by atoms with van der Waals surface area (Å²) in [6, 6.07) is 11.8. The number of benzene rings is 1. The SMILES string of the molecule is Cn1nc2ccc(-c3nc(C#N)ccc3-c3cnn(CC4(C)CCCC4)c3)cc2n1. The van der Waals surface area contributed by atoms with Gasteiger partial charge in [-0.1, -0.05) is 25.8 Å². The van der Waals surface area contributed by atoms with Crippen molar-refractivity contribution in [3.63, 3.8) is 0 Å². The molecule has 1 fully saturated rings. The average molecular weight is 397 g/mol. The summed E-state index contributed by atoms with van der Waals surface area (Å²) in [7, 11) is 1.80. The van der Waals surface area contributed by atoms with Gasteiger partial charge in [0, 0.05) is 36.5 Å². The van der Waals surface area contributed by atoms with Crippen LogP contribution in [0.5, 0.6) is 0 Å². The molecule has 0 unspecified atom stereocenters. The Morgan fingerprint density at radius 1 is 1.07 bits per heavy atom. The Kier molecular flexibility index (Phi) is 4.35. The number of pyridine rings is 1. The van der Waals surface area contributed by atoms with Gasteiger partial charge < -0.3 is 0 Å². The van der Waals surface area contributed by atoms with E-state index >= 15 is 0 Å². The standard InChI is InChI=1S/C23H23N7/c1-23(9-3-4-10-23)15-30-14-17(13-25-30)19-7-6-18(12-24)26-22(19)16-5-8-20-21(11-16)28-29(2)27-20/h5-8,11,13-14H,3-4,9-10,15H2,1-2H3. The second kappa shape index (κ2) is 7.06. The van der Waals surface area contributed by atoms with Crippen LogP contribution in [0, 0.1) is 16.7 Å². The van der Waals surface area contributed by atoms with Crippen molar-refractivity contribution in [2.75, 3.05) is 0 Å². The fraction of sp³-hybridized carbons (Fsp3) is 0.348. The van der Waals surface area contributed by atoms with Crippen LogP contribution >= 0.6 is 0 Å². The highest BCUT2D eigenvalue weighted by atomic mass is 15.4. The number of hydrogen-bond acceptors (Lipinski definition) is 5. The summed E-state index contributed by atoms with van der Waals surface area (Å²) >= 11 is 0. The Balaban J connectivity index is 1.56. The molecule has 0 spiro atoms. The largest absolute Gasteiger partial charge is 0.272 e. The molecule has 0 amide bonds. The van der Waals surface area contributed by atoms with Crippen LogP contribution in [0.4, 0.5) is 0 Å². The van der Waals surface area contributed by atoms with Gasteiger partial charge >= 0.3 is 0 Å². The minimum absolute atomic E-state index is 0.325. The second-order valence-corrected chi connectivity index (χ2v) is 8.54. The summed E-state index contributed by atoms with van der Waals surface area (Å²) < 4.78 is 2.05. The normalized spacial score (nSPS) is 15.5. The molecule has 1 saturated carbocycles. The maximum atomic E-state index is 9.38.